The highest BCUT2D eigenvalue weighted by Crippen LogP contribution is 2.29. The number of ether oxygens (including phenoxy) is 2. The van der Waals surface area contributed by atoms with E-state index in [0.29, 0.717) is 0 Å². The fraction of sp³-hybridized carbons (Fsp3) is 0.733. The molecule has 0 amide bonds. The zero-order valence-corrected chi connectivity index (χ0v) is 24.5. The van der Waals surface area contributed by atoms with E-state index in [4.69, 9.17) is 32.7 Å². The molecule has 0 spiro atoms. The van der Waals surface area contributed by atoms with Crippen LogP contribution in [0.3, 0.4) is 0 Å². The second kappa shape index (κ2) is 19.8. The van der Waals surface area contributed by atoms with Gasteiger partial charge in [0.2, 0.25) is 0 Å². The molecule has 0 aliphatic heterocycles. The minimum Gasteiger partial charge on any atom is -0.459 e. The molecule has 36 heavy (non-hydrogen) atoms. The summed E-state index contributed by atoms with van der Waals surface area (Å²) in [7, 11) is 0. The fourth-order valence-corrected chi connectivity index (χ4v) is 4.63. The molecule has 0 N–H and O–H groups in total. The van der Waals surface area contributed by atoms with Crippen molar-refractivity contribution >= 4 is 35.1 Å². The fourth-order valence-electron chi connectivity index (χ4n) is 4.30. The van der Waals surface area contributed by atoms with Gasteiger partial charge in [0, 0.05) is 0 Å². The number of hydrogen-bond donors (Lipinski definition) is 0. The molecule has 0 bridgehead atoms. The molecule has 0 aliphatic carbocycles. The largest absolute Gasteiger partial charge is 0.459 e. The van der Waals surface area contributed by atoms with Gasteiger partial charge in [0.25, 0.3) is 0 Å². The van der Waals surface area contributed by atoms with Crippen LogP contribution >= 0.6 is 23.2 Å². The molecule has 1 aromatic carbocycles. The minimum atomic E-state index is -0.537. The van der Waals surface area contributed by atoms with Gasteiger partial charge in [0.05, 0.1) is 21.2 Å². The maximum absolute atomic E-state index is 13.3. The number of unbranched alkanes of at least 4 members (excludes halogenated alkanes) is 8. The van der Waals surface area contributed by atoms with Gasteiger partial charge in [-0.05, 0) is 50.7 Å². The van der Waals surface area contributed by atoms with Crippen molar-refractivity contribution in [1.29, 1.82) is 0 Å². The van der Waals surface area contributed by atoms with Crippen LogP contribution in [0.1, 0.15) is 151 Å². The van der Waals surface area contributed by atoms with Crippen molar-refractivity contribution in [2.45, 2.75) is 143 Å². The SMILES string of the molecule is CCCCCCC(CCCC)OC(=O)c1cc(Cl)c(Cl)cc1C(=O)OC(CCCC)CCCCCC. The van der Waals surface area contributed by atoms with Gasteiger partial charge in [-0.3, -0.25) is 0 Å². The highest BCUT2D eigenvalue weighted by Gasteiger charge is 2.26. The van der Waals surface area contributed by atoms with Crippen LogP contribution in [0.2, 0.25) is 10.0 Å². The van der Waals surface area contributed by atoms with Crippen molar-refractivity contribution in [2.24, 2.45) is 0 Å². The topological polar surface area (TPSA) is 52.6 Å². The van der Waals surface area contributed by atoms with E-state index in [1.165, 1.54) is 25.0 Å². The van der Waals surface area contributed by atoms with Crippen LogP contribution in [0, 0.1) is 0 Å². The smallest absolute Gasteiger partial charge is 0.339 e. The molecule has 0 heterocycles. The van der Waals surface area contributed by atoms with E-state index in [1.807, 2.05) is 0 Å². The third-order valence-corrected chi connectivity index (χ3v) is 7.29. The first-order valence-corrected chi connectivity index (χ1v) is 15.0. The molecule has 4 nitrogen and oxygen atoms in total. The van der Waals surface area contributed by atoms with Crippen molar-refractivity contribution in [3.05, 3.63) is 33.3 Å². The Morgan fingerprint density at radius 3 is 1.25 bits per heavy atom. The number of rotatable bonds is 20. The standard InChI is InChI=1S/C30H48Cl2O4/c1-5-9-13-15-19-23(17-11-7-3)35-29(33)25-21-27(31)28(32)22-26(25)30(34)36-24(18-12-8-4)20-16-14-10-6-2/h21-24H,5-20H2,1-4H3. The van der Waals surface area contributed by atoms with E-state index in [2.05, 4.69) is 27.7 Å². The van der Waals surface area contributed by atoms with Crippen molar-refractivity contribution in [2.75, 3.05) is 0 Å². The Bertz CT molecular complexity index is 703. The van der Waals surface area contributed by atoms with Gasteiger partial charge in [0.1, 0.15) is 12.2 Å². The van der Waals surface area contributed by atoms with E-state index in [1.54, 1.807) is 0 Å². The third-order valence-electron chi connectivity index (χ3n) is 6.57. The lowest BCUT2D eigenvalue weighted by atomic mass is 10.0. The normalized spacial score (nSPS) is 12.8. The number of carbonyl (C=O) groups is 2. The number of benzene rings is 1. The minimum absolute atomic E-state index is 0.129. The summed E-state index contributed by atoms with van der Waals surface area (Å²) < 4.78 is 11.8. The Balaban J connectivity index is 3.03. The Morgan fingerprint density at radius 1 is 0.583 bits per heavy atom. The molecule has 0 aliphatic rings. The summed E-state index contributed by atoms with van der Waals surface area (Å²) in [6.45, 7) is 8.61. The Labute approximate surface area is 229 Å². The second-order valence-corrected chi connectivity index (χ2v) is 10.7. The molecule has 6 heteroatoms. The van der Waals surface area contributed by atoms with Gasteiger partial charge in [-0.1, -0.05) is 115 Å². The van der Waals surface area contributed by atoms with Gasteiger partial charge < -0.3 is 9.47 Å². The van der Waals surface area contributed by atoms with Crippen molar-refractivity contribution < 1.29 is 19.1 Å². The van der Waals surface area contributed by atoms with Crippen LogP contribution in [0.4, 0.5) is 0 Å². The molecule has 1 aromatic rings. The van der Waals surface area contributed by atoms with Gasteiger partial charge in [0.15, 0.2) is 0 Å². The summed E-state index contributed by atoms with van der Waals surface area (Å²) in [4.78, 5) is 26.5. The van der Waals surface area contributed by atoms with Gasteiger partial charge in [-0.2, -0.15) is 0 Å². The monoisotopic (exact) mass is 542 g/mol. The molecule has 206 valence electrons. The Hall–Kier alpha value is -1.26. The quantitative estimate of drug-likeness (QED) is 0.121. The first kappa shape index (κ1) is 32.8. The molecule has 2 atom stereocenters. The zero-order chi connectivity index (χ0) is 26.8. The van der Waals surface area contributed by atoms with Crippen LogP contribution in [-0.4, -0.2) is 24.1 Å². The van der Waals surface area contributed by atoms with Crippen molar-refractivity contribution in [3.8, 4) is 0 Å². The van der Waals surface area contributed by atoms with Gasteiger partial charge >= 0.3 is 11.9 Å². The van der Waals surface area contributed by atoms with E-state index in [9.17, 15) is 9.59 Å². The van der Waals surface area contributed by atoms with Crippen LogP contribution in [0.5, 0.6) is 0 Å². The lowest BCUT2D eigenvalue weighted by molar-refractivity contribution is 0.0202. The van der Waals surface area contributed by atoms with Crippen LogP contribution < -0.4 is 0 Å². The summed E-state index contributed by atoms with van der Waals surface area (Å²) in [5.41, 5.74) is 0.259. The zero-order valence-electron chi connectivity index (χ0n) is 23.0. The summed E-state index contributed by atoms with van der Waals surface area (Å²) in [6.07, 6.45) is 15.9. The first-order valence-electron chi connectivity index (χ1n) is 14.3. The molecular weight excluding hydrogens is 495 g/mol. The summed E-state index contributed by atoms with van der Waals surface area (Å²) in [6, 6.07) is 2.89. The molecule has 0 fully saturated rings. The maximum Gasteiger partial charge on any atom is 0.339 e. The molecule has 0 saturated carbocycles. The molecule has 0 aromatic heterocycles. The van der Waals surface area contributed by atoms with Crippen molar-refractivity contribution in [3.63, 3.8) is 0 Å². The van der Waals surface area contributed by atoms with Crippen molar-refractivity contribution in [1.82, 2.24) is 0 Å². The first-order chi connectivity index (χ1) is 17.4. The lowest BCUT2D eigenvalue weighted by Crippen LogP contribution is -2.23. The predicted octanol–water partition coefficient (Wildman–Crippen LogP) is 10.4. The molecule has 0 radical (unpaired) electrons. The number of esters is 2. The predicted molar refractivity (Wildman–Crippen MR) is 151 cm³/mol. The summed E-state index contributed by atoms with van der Waals surface area (Å²) in [5.74, 6) is -1.07. The van der Waals surface area contributed by atoms with E-state index in [0.717, 1.165) is 89.9 Å². The summed E-state index contributed by atoms with van der Waals surface area (Å²) in [5, 5.41) is 0.436. The Kier molecular flexibility index (Phi) is 18.0. The average molecular weight is 544 g/mol. The molecule has 0 saturated heterocycles. The van der Waals surface area contributed by atoms with Crippen LogP contribution in [-0.2, 0) is 9.47 Å². The highest BCUT2D eigenvalue weighted by atomic mass is 35.5. The number of carbonyl (C=O) groups excluding carboxylic acids is 2. The number of halogens is 2. The Morgan fingerprint density at radius 2 is 0.917 bits per heavy atom. The van der Waals surface area contributed by atoms with E-state index in [-0.39, 0.29) is 33.4 Å². The molecule has 2 unspecified atom stereocenters. The highest BCUT2D eigenvalue weighted by molar-refractivity contribution is 6.42. The lowest BCUT2D eigenvalue weighted by Gasteiger charge is -2.21. The third kappa shape index (κ3) is 12.8. The van der Waals surface area contributed by atoms with E-state index < -0.39 is 11.9 Å². The molecule has 1 rings (SSSR count). The maximum atomic E-state index is 13.3. The van der Waals surface area contributed by atoms with Gasteiger partial charge in [-0.15, -0.1) is 0 Å². The average Bonchev–Trinajstić information content (AvgIpc) is 2.86. The molecular formula is C30H48Cl2O4. The number of hydrogen-bond acceptors (Lipinski definition) is 4. The van der Waals surface area contributed by atoms with Gasteiger partial charge in [-0.25, -0.2) is 9.59 Å². The summed E-state index contributed by atoms with van der Waals surface area (Å²) >= 11 is 12.5. The van der Waals surface area contributed by atoms with E-state index >= 15 is 0 Å². The van der Waals surface area contributed by atoms with Crippen LogP contribution in [0.25, 0.3) is 0 Å². The second-order valence-electron chi connectivity index (χ2n) is 9.85. The van der Waals surface area contributed by atoms with Crippen LogP contribution in [0.15, 0.2) is 12.1 Å².